The minimum absolute atomic E-state index is 0.443. The Balaban J connectivity index is 1.80. The monoisotopic (exact) mass is 375 g/mol. The number of rotatable bonds is 5. The van der Waals surface area contributed by atoms with Gasteiger partial charge in [-0.1, -0.05) is 54.1 Å². The Labute approximate surface area is 162 Å². The second-order valence-corrected chi connectivity index (χ2v) is 6.37. The smallest absolute Gasteiger partial charge is 0.150 e. The second-order valence-electron chi connectivity index (χ2n) is 6.02. The lowest BCUT2D eigenvalue weighted by atomic mass is 10.1. The number of hydrogen-bond acceptors (Lipinski definition) is 3. The zero-order valence-corrected chi connectivity index (χ0v) is 15.6. The van der Waals surface area contributed by atoms with Crippen LogP contribution in [0.3, 0.4) is 0 Å². The maximum Gasteiger partial charge on any atom is 0.150 e. The first-order valence-electron chi connectivity index (χ1n) is 8.69. The highest BCUT2D eigenvalue weighted by Gasteiger charge is 2.16. The van der Waals surface area contributed by atoms with Crippen LogP contribution in [0.4, 0.5) is 0 Å². The van der Waals surface area contributed by atoms with Gasteiger partial charge in [0.1, 0.15) is 29.5 Å². The zero-order chi connectivity index (χ0) is 18.6. The molecule has 0 bridgehead atoms. The number of aromatic nitrogens is 3. The molecule has 2 aromatic heterocycles. The van der Waals surface area contributed by atoms with Crippen molar-refractivity contribution in [3.8, 4) is 22.6 Å². The molecule has 134 valence electrons. The number of para-hydroxylation sites is 1. The highest BCUT2D eigenvalue weighted by molar-refractivity contribution is 6.35. The molecule has 27 heavy (non-hydrogen) atoms. The summed E-state index contributed by atoms with van der Waals surface area (Å²) < 4.78 is 7.72. The molecule has 0 saturated carbocycles. The van der Waals surface area contributed by atoms with Gasteiger partial charge in [-0.3, -0.25) is 0 Å². The molecule has 5 heteroatoms. The summed E-state index contributed by atoms with van der Waals surface area (Å²) >= 11 is 6.43. The van der Waals surface area contributed by atoms with Crippen LogP contribution in [0.1, 0.15) is 6.92 Å². The highest BCUT2D eigenvalue weighted by atomic mass is 35.5. The van der Waals surface area contributed by atoms with Gasteiger partial charge in [-0.25, -0.2) is 9.97 Å². The Hall–Kier alpha value is -3.11. The molecule has 0 aliphatic carbocycles. The van der Waals surface area contributed by atoms with E-state index in [1.807, 2.05) is 78.2 Å². The number of nitrogens with zero attached hydrogens (tertiary/aromatic N) is 3. The summed E-state index contributed by atoms with van der Waals surface area (Å²) in [6, 6.07) is 18.0. The van der Waals surface area contributed by atoms with Gasteiger partial charge < -0.3 is 9.30 Å². The molecule has 0 saturated heterocycles. The molecule has 2 aromatic carbocycles. The fourth-order valence-corrected chi connectivity index (χ4v) is 3.23. The number of benzene rings is 2. The quantitative estimate of drug-likeness (QED) is 0.332. The summed E-state index contributed by atoms with van der Waals surface area (Å²) in [5.41, 5.74) is 3.82. The van der Waals surface area contributed by atoms with E-state index in [1.54, 1.807) is 0 Å². The molecule has 0 aliphatic heterocycles. The molecule has 4 aromatic rings. The molecule has 0 N–H and O–H groups in total. The van der Waals surface area contributed by atoms with Crippen LogP contribution in [-0.2, 0) is 0 Å². The van der Waals surface area contributed by atoms with Crippen molar-refractivity contribution in [2.75, 3.05) is 6.61 Å². The Morgan fingerprint density at radius 1 is 1.04 bits per heavy atom. The molecule has 0 fully saturated rings. The topological polar surface area (TPSA) is 39.9 Å². The summed E-state index contributed by atoms with van der Waals surface area (Å²) in [6.07, 6.45) is 7.48. The predicted octanol–water partition coefficient (Wildman–Crippen LogP) is 5.70. The molecule has 0 spiro atoms. The van der Waals surface area contributed by atoms with Crippen LogP contribution in [0, 0.1) is 0 Å². The van der Waals surface area contributed by atoms with E-state index in [-0.39, 0.29) is 0 Å². The van der Waals surface area contributed by atoms with Crippen LogP contribution in [-0.4, -0.2) is 21.1 Å². The number of allylic oxidation sites excluding steroid dienone is 1. The Kier molecular flexibility index (Phi) is 4.90. The molecule has 0 unspecified atom stereocenters. The van der Waals surface area contributed by atoms with Gasteiger partial charge in [0.25, 0.3) is 0 Å². The van der Waals surface area contributed by atoms with Crippen LogP contribution in [0.5, 0.6) is 5.75 Å². The third-order valence-electron chi connectivity index (χ3n) is 4.32. The van der Waals surface area contributed by atoms with Gasteiger partial charge in [0.15, 0.2) is 0 Å². The van der Waals surface area contributed by atoms with E-state index in [1.165, 1.54) is 6.33 Å². The van der Waals surface area contributed by atoms with E-state index in [2.05, 4.69) is 16.2 Å². The van der Waals surface area contributed by atoms with Crippen molar-refractivity contribution in [3.63, 3.8) is 0 Å². The molecule has 4 nitrogen and oxygen atoms in total. The van der Waals surface area contributed by atoms with E-state index in [0.29, 0.717) is 11.8 Å². The summed E-state index contributed by atoms with van der Waals surface area (Å²) in [7, 11) is 0. The van der Waals surface area contributed by atoms with Crippen molar-refractivity contribution in [3.05, 3.63) is 84.4 Å². The third kappa shape index (κ3) is 3.44. The molecular formula is C22H18ClN3O. The molecule has 0 aliphatic rings. The summed E-state index contributed by atoms with van der Waals surface area (Å²) in [5, 5.41) is 1.28. The van der Waals surface area contributed by atoms with Crippen molar-refractivity contribution in [1.29, 1.82) is 0 Å². The first-order valence-corrected chi connectivity index (χ1v) is 9.07. The van der Waals surface area contributed by atoms with Crippen molar-refractivity contribution >= 4 is 22.6 Å². The van der Waals surface area contributed by atoms with E-state index >= 15 is 0 Å². The standard InChI is InChI=1S/C22H18ClN3O/c1-2-3-13-27-18-11-9-16(10-12-18)19-14-26(17-7-5-4-6-8-17)22-20(19)21(23)24-15-25-22/h2-12,14-15H,13H2,1H3/b3-2+. The minimum Gasteiger partial charge on any atom is -0.490 e. The highest BCUT2D eigenvalue weighted by Crippen LogP contribution is 2.35. The Morgan fingerprint density at radius 2 is 1.81 bits per heavy atom. The van der Waals surface area contributed by atoms with Gasteiger partial charge in [0.2, 0.25) is 0 Å². The summed E-state index contributed by atoms with van der Waals surface area (Å²) in [4.78, 5) is 8.64. The Morgan fingerprint density at radius 3 is 2.56 bits per heavy atom. The normalized spacial score (nSPS) is 11.3. The first kappa shape index (κ1) is 17.3. The molecular weight excluding hydrogens is 358 g/mol. The zero-order valence-electron chi connectivity index (χ0n) is 14.8. The van der Waals surface area contributed by atoms with Gasteiger partial charge in [-0.2, -0.15) is 0 Å². The van der Waals surface area contributed by atoms with Crippen molar-refractivity contribution < 1.29 is 4.74 Å². The predicted molar refractivity (Wildman–Crippen MR) is 110 cm³/mol. The third-order valence-corrected chi connectivity index (χ3v) is 4.60. The maximum absolute atomic E-state index is 6.43. The molecule has 4 rings (SSSR count). The number of fused-ring (bicyclic) bond motifs is 1. The lowest BCUT2D eigenvalue weighted by molar-refractivity contribution is 0.363. The summed E-state index contributed by atoms with van der Waals surface area (Å²) in [5.74, 6) is 0.825. The van der Waals surface area contributed by atoms with Gasteiger partial charge in [0.05, 0.1) is 5.39 Å². The van der Waals surface area contributed by atoms with E-state index in [4.69, 9.17) is 16.3 Å². The molecule has 0 amide bonds. The van der Waals surface area contributed by atoms with Crippen molar-refractivity contribution in [2.24, 2.45) is 0 Å². The van der Waals surface area contributed by atoms with Crippen LogP contribution in [0.25, 0.3) is 27.8 Å². The lowest BCUT2D eigenvalue weighted by Crippen LogP contribution is -1.93. The first-order chi connectivity index (χ1) is 13.3. The van der Waals surface area contributed by atoms with Crippen molar-refractivity contribution in [2.45, 2.75) is 6.92 Å². The summed E-state index contributed by atoms with van der Waals surface area (Å²) in [6.45, 7) is 2.53. The average Bonchev–Trinajstić information content (AvgIpc) is 3.10. The maximum atomic E-state index is 6.43. The molecule has 2 heterocycles. The van der Waals surface area contributed by atoms with Gasteiger partial charge in [0, 0.05) is 17.4 Å². The fraction of sp³-hybridized carbons (Fsp3) is 0.0909. The average molecular weight is 376 g/mol. The number of halogens is 1. The van der Waals surface area contributed by atoms with Crippen molar-refractivity contribution in [1.82, 2.24) is 14.5 Å². The SMILES string of the molecule is C/C=C/COc1ccc(-c2cn(-c3ccccc3)c3ncnc(Cl)c23)cc1. The van der Waals surface area contributed by atoms with Crippen LogP contribution in [0.15, 0.2) is 79.3 Å². The van der Waals surface area contributed by atoms with Gasteiger partial charge in [-0.15, -0.1) is 0 Å². The molecule has 0 radical (unpaired) electrons. The van der Waals surface area contributed by atoms with Gasteiger partial charge >= 0.3 is 0 Å². The van der Waals surface area contributed by atoms with E-state index in [0.717, 1.165) is 33.6 Å². The van der Waals surface area contributed by atoms with E-state index < -0.39 is 0 Å². The second kappa shape index (κ2) is 7.64. The van der Waals surface area contributed by atoms with E-state index in [9.17, 15) is 0 Å². The lowest BCUT2D eigenvalue weighted by Gasteiger charge is -2.05. The van der Waals surface area contributed by atoms with Crippen LogP contribution >= 0.6 is 11.6 Å². The number of hydrogen-bond donors (Lipinski definition) is 0. The molecule has 0 atom stereocenters. The largest absolute Gasteiger partial charge is 0.490 e. The van der Waals surface area contributed by atoms with Crippen LogP contribution in [0.2, 0.25) is 5.15 Å². The van der Waals surface area contributed by atoms with Crippen LogP contribution < -0.4 is 4.74 Å². The minimum atomic E-state index is 0.443. The Bertz CT molecular complexity index is 1090. The van der Waals surface area contributed by atoms with Gasteiger partial charge in [-0.05, 0) is 36.8 Å². The number of ether oxygens (including phenoxy) is 1. The fourth-order valence-electron chi connectivity index (χ4n) is 3.00.